The minimum absolute atomic E-state index is 0. The standard InChI is InChI=1S/C20H34N4O3S.ClH/c1-20(2,3)13-15(21-17(26)14-9-7-5-6-8-10-14)16(25)18(27)22-23-19-24(4)11-12-28-19;/h14-15H,5-13H2,1-4H3,(H,21,26)(H,22,27);1H/t15-;/m0./s1. The topological polar surface area (TPSA) is 90.9 Å². The number of amides is 2. The number of carbonyl (C=O) groups excluding carboxylic acids is 3. The summed E-state index contributed by atoms with van der Waals surface area (Å²) >= 11 is 1.53. The number of thioether (sulfide) groups is 1. The Morgan fingerprint density at radius 1 is 1.17 bits per heavy atom. The van der Waals surface area contributed by atoms with Gasteiger partial charge < -0.3 is 10.2 Å². The number of amidine groups is 1. The first-order valence-electron chi connectivity index (χ1n) is 10.2. The van der Waals surface area contributed by atoms with Crippen molar-refractivity contribution in [2.45, 2.75) is 71.8 Å². The summed E-state index contributed by atoms with van der Waals surface area (Å²) in [5.74, 6) is -0.668. The quantitative estimate of drug-likeness (QED) is 0.372. The Kier molecular flexibility index (Phi) is 10.5. The van der Waals surface area contributed by atoms with Crippen molar-refractivity contribution in [3.05, 3.63) is 0 Å². The lowest BCUT2D eigenvalue weighted by Crippen LogP contribution is -2.50. The molecule has 2 aliphatic rings. The van der Waals surface area contributed by atoms with E-state index in [2.05, 4.69) is 15.8 Å². The van der Waals surface area contributed by atoms with Gasteiger partial charge in [-0.1, -0.05) is 58.2 Å². The molecule has 2 rings (SSSR count). The van der Waals surface area contributed by atoms with Gasteiger partial charge in [0.1, 0.15) is 0 Å². The summed E-state index contributed by atoms with van der Waals surface area (Å²) in [5.41, 5.74) is 2.17. The van der Waals surface area contributed by atoms with E-state index in [4.69, 9.17) is 0 Å². The van der Waals surface area contributed by atoms with Gasteiger partial charge in [-0.05, 0) is 24.7 Å². The zero-order valence-corrected chi connectivity index (χ0v) is 19.6. The summed E-state index contributed by atoms with van der Waals surface area (Å²) in [5, 5.41) is 7.62. The number of nitrogens with zero attached hydrogens (tertiary/aromatic N) is 2. The van der Waals surface area contributed by atoms with Gasteiger partial charge in [0.2, 0.25) is 11.7 Å². The molecule has 9 heteroatoms. The molecule has 2 N–H and O–H groups in total. The number of ketones is 1. The van der Waals surface area contributed by atoms with E-state index in [-0.39, 0.29) is 29.6 Å². The minimum Gasteiger partial charge on any atom is -0.352 e. The van der Waals surface area contributed by atoms with E-state index in [1.165, 1.54) is 11.8 Å². The molecule has 0 aromatic rings. The molecule has 0 aromatic heterocycles. The molecule has 2 amide bonds. The normalized spacial score (nSPS) is 20.6. The Morgan fingerprint density at radius 3 is 2.31 bits per heavy atom. The van der Waals surface area contributed by atoms with Gasteiger partial charge in [-0.15, -0.1) is 17.5 Å². The van der Waals surface area contributed by atoms with Crippen molar-refractivity contribution in [2.24, 2.45) is 16.4 Å². The molecule has 0 bridgehead atoms. The summed E-state index contributed by atoms with van der Waals surface area (Å²) in [4.78, 5) is 39.9. The SMILES string of the molecule is CN1CCSC1=NNC(=O)C(=O)[C@H](CC(C)(C)C)NC(=O)C1CCCCCC1.Cl. The van der Waals surface area contributed by atoms with Crippen LogP contribution in [0.2, 0.25) is 0 Å². The van der Waals surface area contributed by atoms with Crippen molar-refractivity contribution in [2.75, 3.05) is 19.3 Å². The maximum Gasteiger partial charge on any atom is 0.309 e. The van der Waals surface area contributed by atoms with Crippen LogP contribution in [0.25, 0.3) is 0 Å². The molecule has 0 spiro atoms. The van der Waals surface area contributed by atoms with E-state index in [0.29, 0.717) is 11.6 Å². The number of hydrazone groups is 1. The van der Waals surface area contributed by atoms with Gasteiger partial charge in [0.05, 0.1) is 6.04 Å². The van der Waals surface area contributed by atoms with Crippen molar-refractivity contribution in [1.82, 2.24) is 15.6 Å². The molecular weight excluding hydrogens is 412 g/mol. The first kappa shape index (κ1) is 25.8. The van der Waals surface area contributed by atoms with Crippen LogP contribution in [0.4, 0.5) is 0 Å². The van der Waals surface area contributed by atoms with Crippen LogP contribution >= 0.6 is 24.2 Å². The van der Waals surface area contributed by atoms with Crippen LogP contribution in [0.15, 0.2) is 5.10 Å². The van der Waals surface area contributed by atoms with Gasteiger partial charge in [0, 0.05) is 25.3 Å². The number of hydrogen-bond acceptors (Lipinski definition) is 5. The van der Waals surface area contributed by atoms with Crippen molar-refractivity contribution < 1.29 is 14.4 Å². The second kappa shape index (κ2) is 11.8. The van der Waals surface area contributed by atoms with Crippen molar-refractivity contribution >= 4 is 46.9 Å². The number of nitrogens with one attached hydrogen (secondary N) is 2. The molecule has 0 aromatic carbocycles. The minimum atomic E-state index is -0.829. The maximum atomic E-state index is 12.8. The fraction of sp³-hybridized carbons (Fsp3) is 0.800. The van der Waals surface area contributed by atoms with E-state index in [9.17, 15) is 14.4 Å². The first-order chi connectivity index (χ1) is 13.2. The summed E-state index contributed by atoms with van der Waals surface area (Å²) < 4.78 is 0. The number of halogens is 1. The Balaban J connectivity index is 0.00000420. The van der Waals surface area contributed by atoms with E-state index in [0.717, 1.165) is 50.8 Å². The average molecular weight is 447 g/mol. The first-order valence-corrected chi connectivity index (χ1v) is 11.2. The van der Waals surface area contributed by atoms with Crippen LogP contribution in [0.5, 0.6) is 0 Å². The number of rotatable bonds is 6. The summed E-state index contributed by atoms with van der Waals surface area (Å²) in [6, 6.07) is -0.829. The second-order valence-corrected chi connectivity index (χ2v) is 10.0. The third kappa shape index (κ3) is 8.54. The second-order valence-electron chi connectivity index (χ2n) is 8.98. The van der Waals surface area contributed by atoms with Gasteiger partial charge in [0.25, 0.3) is 0 Å². The van der Waals surface area contributed by atoms with Crippen LogP contribution in [0.3, 0.4) is 0 Å². The molecule has 1 saturated carbocycles. The maximum absolute atomic E-state index is 12.8. The third-order valence-electron chi connectivity index (χ3n) is 5.14. The molecule has 0 radical (unpaired) electrons. The number of carbonyl (C=O) groups is 3. The largest absolute Gasteiger partial charge is 0.352 e. The Morgan fingerprint density at radius 2 is 1.79 bits per heavy atom. The molecule has 1 atom stereocenters. The van der Waals surface area contributed by atoms with Crippen LogP contribution < -0.4 is 10.7 Å². The summed E-state index contributed by atoms with van der Waals surface area (Å²) in [6.45, 7) is 6.84. The van der Waals surface area contributed by atoms with E-state index < -0.39 is 17.7 Å². The molecule has 2 fully saturated rings. The fourth-order valence-electron chi connectivity index (χ4n) is 3.56. The average Bonchev–Trinajstić information content (AvgIpc) is 2.85. The molecule has 166 valence electrons. The van der Waals surface area contributed by atoms with Crippen LogP contribution in [0.1, 0.15) is 65.7 Å². The molecule has 29 heavy (non-hydrogen) atoms. The van der Waals surface area contributed by atoms with Gasteiger partial charge in [-0.25, -0.2) is 5.43 Å². The molecule has 1 heterocycles. The van der Waals surface area contributed by atoms with Crippen LogP contribution in [-0.2, 0) is 14.4 Å². The monoisotopic (exact) mass is 446 g/mol. The van der Waals surface area contributed by atoms with Crippen molar-refractivity contribution in [3.8, 4) is 0 Å². The third-order valence-corrected chi connectivity index (χ3v) is 6.18. The molecule has 1 saturated heterocycles. The predicted octanol–water partition coefficient (Wildman–Crippen LogP) is 2.93. The Labute approximate surface area is 184 Å². The molecule has 1 aliphatic carbocycles. The number of Topliss-reactive ketones (excluding diaryl/α,β-unsaturated/α-hetero) is 1. The van der Waals surface area contributed by atoms with Crippen LogP contribution in [0, 0.1) is 11.3 Å². The lowest BCUT2D eigenvalue weighted by molar-refractivity contribution is -0.141. The highest BCUT2D eigenvalue weighted by Gasteiger charge is 2.33. The van der Waals surface area contributed by atoms with Crippen molar-refractivity contribution in [3.63, 3.8) is 0 Å². The Bertz CT molecular complexity index is 613. The zero-order valence-electron chi connectivity index (χ0n) is 18.0. The highest BCUT2D eigenvalue weighted by molar-refractivity contribution is 8.14. The Hall–Kier alpha value is -1.28. The molecule has 7 nitrogen and oxygen atoms in total. The highest BCUT2D eigenvalue weighted by Crippen LogP contribution is 2.25. The lowest BCUT2D eigenvalue weighted by Gasteiger charge is -2.27. The summed E-state index contributed by atoms with van der Waals surface area (Å²) in [6.07, 6.45) is 6.51. The van der Waals surface area contributed by atoms with Gasteiger partial charge in [-0.2, -0.15) is 0 Å². The molecule has 0 unspecified atom stereocenters. The molecular formula is C20H35ClN4O3S. The predicted molar refractivity (Wildman–Crippen MR) is 120 cm³/mol. The number of hydrogen-bond donors (Lipinski definition) is 2. The summed E-state index contributed by atoms with van der Waals surface area (Å²) in [7, 11) is 1.89. The molecule has 1 aliphatic heterocycles. The van der Waals surface area contributed by atoms with E-state index >= 15 is 0 Å². The van der Waals surface area contributed by atoms with E-state index in [1.54, 1.807) is 0 Å². The fourth-order valence-corrected chi connectivity index (χ4v) is 4.53. The van der Waals surface area contributed by atoms with E-state index in [1.807, 2.05) is 32.7 Å². The van der Waals surface area contributed by atoms with Gasteiger partial charge >= 0.3 is 5.91 Å². The smallest absolute Gasteiger partial charge is 0.309 e. The van der Waals surface area contributed by atoms with Gasteiger partial charge in [0.15, 0.2) is 5.17 Å². The van der Waals surface area contributed by atoms with Crippen molar-refractivity contribution in [1.29, 1.82) is 0 Å². The van der Waals surface area contributed by atoms with Gasteiger partial charge in [-0.3, -0.25) is 14.4 Å². The highest BCUT2D eigenvalue weighted by atomic mass is 35.5. The van der Waals surface area contributed by atoms with Crippen LogP contribution in [-0.4, -0.2) is 53.1 Å². The zero-order chi connectivity index (χ0) is 20.7. The lowest BCUT2D eigenvalue weighted by atomic mass is 9.86.